The second kappa shape index (κ2) is 13.1. The van der Waals surface area contributed by atoms with Crippen molar-refractivity contribution in [2.75, 3.05) is 37.7 Å². The van der Waals surface area contributed by atoms with Crippen LogP contribution in [0.3, 0.4) is 0 Å². The Labute approximate surface area is 252 Å². The van der Waals surface area contributed by atoms with Gasteiger partial charge in [-0.05, 0) is 99.6 Å². The van der Waals surface area contributed by atoms with Crippen molar-refractivity contribution in [3.05, 3.63) is 95.3 Å². The van der Waals surface area contributed by atoms with Crippen LogP contribution in [0.5, 0.6) is 5.75 Å². The largest absolute Gasteiger partial charge is 0.492 e. The normalized spacial score (nSPS) is 20.6. The number of ether oxygens (including phenoxy) is 1. The van der Waals surface area contributed by atoms with Crippen LogP contribution in [0.25, 0.3) is 0 Å². The van der Waals surface area contributed by atoms with E-state index in [4.69, 9.17) is 4.74 Å². The average molecular weight is 584 g/mol. The number of carbonyl (C=O) groups excluding carboxylic acids is 3. The van der Waals surface area contributed by atoms with Gasteiger partial charge >= 0.3 is 0 Å². The first-order valence-corrected chi connectivity index (χ1v) is 15.5. The number of piperidine rings is 1. The molecule has 2 heterocycles. The minimum Gasteiger partial charge on any atom is -0.492 e. The number of rotatable bonds is 9. The Bertz CT molecular complexity index is 1430. The SMILES string of the molecule is O=C(c1ccc(F)cc1)N(CC1CCCC(N2C(=O)c3ccccc3C2=O)C1)c1cccc(OCCN2CCCCC2)c1. The molecule has 8 heteroatoms. The molecule has 3 aromatic carbocycles. The molecule has 1 aliphatic carbocycles. The monoisotopic (exact) mass is 583 g/mol. The molecule has 7 nitrogen and oxygen atoms in total. The third-order valence-corrected chi connectivity index (χ3v) is 8.98. The maximum absolute atomic E-state index is 13.9. The Morgan fingerprint density at radius 2 is 1.58 bits per heavy atom. The molecule has 0 aromatic heterocycles. The lowest BCUT2D eigenvalue weighted by Crippen LogP contribution is -2.45. The van der Waals surface area contributed by atoms with Crippen LogP contribution in [-0.2, 0) is 0 Å². The minimum atomic E-state index is -0.400. The van der Waals surface area contributed by atoms with E-state index in [9.17, 15) is 18.8 Å². The number of hydrogen-bond acceptors (Lipinski definition) is 5. The van der Waals surface area contributed by atoms with Crippen molar-refractivity contribution in [1.29, 1.82) is 0 Å². The molecule has 2 unspecified atom stereocenters. The van der Waals surface area contributed by atoms with Gasteiger partial charge in [0.1, 0.15) is 18.2 Å². The molecular formula is C35H38FN3O4. The molecule has 2 aliphatic heterocycles. The van der Waals surface area contributed by atoms with Crippen LogP contribution in [-0.4, -0.2) is 66.3 Å². The summed E-state index contributed by atoms with van der Waals surface area (Å²) in [5, 5.41) is 0. The fraction of sp³-hybridized carbons (Fsp3) is 0.400. The summed E-state index contributed by atoms with van der Waals surface area (Å²) < 4.78 is 19.8. The third kappa shape index (κ3) is 6.49. The molecule has 3 aliphatic rings. The molecule has 3 aromatic rings. The molecule has 2 fully saturated rings. The van der Waals surface area contributed by atoms with Crippen molar-refractivity contribution in [3.8, 4) is 5.75 Å². The second-order valence-electron chi connectivity index (χ2n) is 11.9. The molecule has 224 valence electrons. The number of fused-ring (bicyclic) bond motifs is 1. The van der Waals surface area contributed by atoms with Crippen LogP contribution in [0.2, 0.25) is 0 Å². The summed E-state index contributed by atoms with van der Waals surface area (Å²) >= 11 is 0. The number of likely N-dealkylation sites (tertiary alicyclic amines) is 1. The summed E-state index contributed by atoms with van der Waals surface area (Å²) in [7, 11) is 0. The van der Waals surface area contributed by atoms with Crippen molar-refractivity contribution in [1.82, 2.24) is 9.80 Å². The van der Waals surface area contributed by atoms with Crippen molar-refractivity contribution in [2.24, 2.45) is 5.92 Å². The number of halogens is 1. The summed E-state index contributed by atoms with van der Waals surface area (Å²) in [6.45, 7) is 4.05. The predicted molar refractivity (Wildman–Crippen MR) is 163 cm³/mol. The number of benzene rings is 3. The molecule has 1 saturated carbocycles. The lowest BCUT2D eigenvalue weighted by molar-refractivity contribution is 0.0521. The third-order valence-electron chi connectivity index (χ3n) is 8.98. The highest BCUT2D eigenvalue weighted by Gasteiger charge is 2.41. The van der Waals surface area contributed by atoms with Gasteiger partial charge in [0.15, 0.2) is 0 Å². The van der Waals surface area contributed by atoms with E-state index >= 15 is 0 Å². The molecule has 6 rings (SSSR count). The second-order valence-corrected chi connectivity index (χ2v) is 11.9. The molecular weight excluding hydrogens is 545 g/mol. The van der Waals surface area contributed by atoms with Crippen molar-refractivity contribution in [3.63, 3.8) is 0 Å². The molecule has 3 amide bonds. The summed E-state index contributed by atoms with van der Waals surface area (Å²) in [5.74, 6) is -0.341. The highest BCUT2D eigenvalue weighted by Crippen LogP contribution is 2.35. The van der Waals surface area contributed by atoms with Gasteiger partial charge in [-0.25, -0.2) is 4.39 Å². The molecule has 0 radical (unpaired) electrons. The maximum atomic E-state index is 13.9. The zero-order valence-electron chi connectivity index (χ0n) is 24.4. The van der Waals surface area contributed by atoms with E-state index in [-0.39, 0.29) is 29.7 Å². The average Bonchev–Trinajstić information content (AvgIpc) is 3.30. The van der Waals surface area contributed by atoms with E-state index < -0.39 is 5.82 Å². The van der Waals surface area contributed by atoms with Gasteiger partial charge < -0.3 is 9.64 Å². The van der Waals surface area contributed by atoms with E-state index in [0.717, 1.165) is 38.9 Å². The van der Waals surface area contributed by atoms with Crippen molar-refractivity contribution >= 4 is 23.4 Å². The molecule has 2 atom stereocenters. The summed E-state index contributed by atoms with van der Waals surface area (Å²) in [5.41, 5.74) is 2.01. The van der Waals surface area contributed by atoms with E-state index in [1.165, 1.54) is 48.4 Å². The number of anilines is 1. The van der Waals surface area contributed by atoms with Crippen LogP contribution in [0, 0.1) is 11.7 Å². The van der Waals surface area contributed by atoms with Gasteiger partial charge in [0.2, 0.25) is 0 Å². The first-order valence-electron chi connectivity index (χ1n) is 15.5. The van der Waals surface area contributed by atoms with E-state index in [1.807, 2.05) is 24.3 Å². The smallest absolute Gasteiger partial charge is 0.261 e. The lowest BCUT2D eigenvalue weighted by atomic mass is 9.84. The first-order chi connectivity index (χ1) is 21.0. The molecule has 0 spiro atoms. The number of hydrogen-bond donors (Lipinski definition) is 0. The number of nitrogens with zero attached hydrogens (tertiary/aromatic N) is 3. The summed E-state index contributed by atoms with van der Waals surface area (Å²) in [6, 6.07) is 19.9. The maximum Gasteiger partial charge on any atom is 0.261 e. The van der Waals surface area contributed by atoms with Gasteiger partial charge in [-0.3, -0.25) is 24.2 Å². The highest BCUT2D eigenvalue weighted by atomic mass is 19.1. The van der Waals surface area contributed by atoms with Crippen LogP contribution >= 0.6 is 0 Å². The first kappa shape index (κ1) is 29.1. The topological polar surface area (TPSA) is 70.2 Å². The Morgan fingerprint density at radius 1 is 0.860 bits per heavy atom. The summed E-state index contributed by atoms with van der Waals surface area (Å²) in [4.78, 5) is 45.9. The Morgan fingerprint density at radius 3 is 2.30 bits per heavy atom. The number of carbonyl (C=O) groups is 3. The van der Waals surface area contributed by atoms with Gasteiger partial charge in [0, 0.05) is 36.4 Å². The predicted octanol–water partition coefficient (Wildman–Crippen LogP) is 6.19. The molecule has 1 saturated heterocycles. The van der Waals surface area contributed by atoms with E-state index in [1.54, 1.807) is 29.2 Å². The van der Waals surface area contributed by atoms with Crippen LogP contribution in [0.1, 0.15) is 76.0 Å². The highest BCUT2D eigenvalue weighted by molar-refractivity contribution is 6.21. The van der Waals surface area contributed by atoms with E-state index in [2.05, 4.69) is 4.90 Å². The van der Waals surface area contributed by atoms with Crippen molar-refractivity contribution in [2.45, 2.75) is 51.0 Å². The molecule has 43 heavy (non-hydrogen) atoms. The Kier molecular flexibility index (Phi) is 8.84. The zero-order valence-corrected chi connectivity index (χ0v) is 24.4. The standard InChI is InChI=1S/C35H38FN3O4/c36-27-16-14-26(15-17-27)33(40)38(28-9-7-11-30(23-28)43-21-20-37-18-4-1-5-19-37)24-25-8-6-10-29(22-25)39-34(41)31-12-2-3-13-32(31)35(39)42/h2-3,7,9,11-17,23,25,29H,1,4-6,8,10,18-22,24H2. The van der Waals surface area contributed by atoms with Gasteiger partial charge in [-0.15, -0.1) is 0 Å². The van der Waals surface area contributed by atoms with Gasteiger partial charge in [-0.2, -0.15) is 0 Å². The molecule has 0 bridgehead atoms. The lowest BCUT2D eigenvalue weighted by Gasteiger charge is -2.36. The Hall–Kier alpha value is -4.04. The minimum absolute atomic E-state index is 0.0659. The van der Waals surface area contributed by atoms with Crippen LogP contribution in [0.15, 0.2) is 72.8 Å². The summed E-state index contributed by atoms with van der Waals surface area (Å²) in [6.07, 6.45) is 6.83. The quantitative estimate of drug-likeness (QED) is 0.281. The van der Waals surface area contributed by atoms with E-state index in [0.29, 0.717) is 47.7 Å². The number of imide groups is 1. The van der Waals surface area contributed by atoms with Crippen LogP contribution < -0.4 is 9.64 Å². The zero-order chi connectivity index (χ0) is 29.8. The fourth-order valence-electron chi connectivity index (χ4n) is 6.73. The van der Waals surface area contributed by atoms with Gasteiger partial charge in [-0.1, -0.05) is 31.0 Å². The fourth-order valence-corrected chi connectivity index (χ4v) is 6.73. The number of amides is 3. The van der Waals surface area contributed by atoms with Crippen LogP contribution in [0.4, 0.5) is 10.1 Å². The van der Waals surface area contributed by atoms with Crippen molar-refractivity contribution < 1.29 is 23.5 Å². The van der Waals surface area contributed by atoms with Gasteiger partial charge in [0.25, 0.3) is 17.7 Å². The molecule has 0 N–H and O–H groups in total. The Balaban J connectivity index is 1.19. The van der Waals surface area contributed by atoms with Gasteiger partial charge in [0.05, 0.1) is 11.1 Å².